The van der Waals surface area contributed by atoms with Crippen LogP contribution in [0.1, 0.15) is 44.9 Å². The van der Waals surface area contributed by atoms with E-state index in [9.17, 15) is 9.59 Å². The molecule has 0 radical (unpaired) electrons. The Hall–Kier alpha value is -1.90. The third kappa shape index (κ3) is 3.13. The van der Waals surface area contributed by atoms with Crippen molar-refractivity contribution in [3.8, 4) is 12.3 Å². The summed E-state index contributed by atoms with van der Waals surface area (Å²) < 4.78 is 0. The van der Waals surface area contributed by atoms with Gasteiger partial charge in [-0.25, -0.2) is 0 Å². The zero-order valence-electron chi connectivity index (χ0n) is 12.8. The van der Waals surface area contributed by atoms with Crippen molar-refractivity contribution in [1.29, 1.82) is 0 Å². The second-order valence-corrected chi connectivity index (χ2v) is 6.36. The minimum absolute atomic E-state index is 0.145. The van der Waals surface area contributed by atoms with E-state index in [4.69, 9.17) is 6.42 Å². The summed E-state index contributed by atoms with van der Waals surface area (Å²) in [6.45, 7) is 2.27. The van der Waals surface area contributed by atoms with Crippen LogP contribution in [0.5, 0.6) is 0 Å². The number of likely N-dealkylation sites (tertiary alicyclic amines) is 2. The summed E-state index contributed by atoms with van der Waals surface area (Å²) in [5.74, 6) is 2.98. The van der Waals surface area contributed by atoms with Gasteiger partial charge in [0.1, 0.15) is 0 Å². The van der Waals surface area contributed by atoms with E-state index in [1.165, 1.54) is 0 Å². The van der Waals surface area contributed by atoms with Gasteiger partial charge in [-0.3, -0.25) is 9.59 Å². The van der Waals surface area contributed by atoms with E-state index < -0.39 is 0 Å². The average molecular weight is 302 g/mol. The summed E-state index contributed by atoms with van der Waals surface area (Å²) in [5, 5.41) is 8.13. The molecule has 118 valence electrons. The molecule has 0 saturated carbocycles. The van der Waals surface area contributed by atoms with Crippen LogP contribution in [0.15, 0.2) is 10.2 Å². The van der Waals surface area contributed by atoms with Gasteiger partial charge in [-0.1, -0.05) is 0 Å². The van der Waals surface area contributed by atoms with Crippen molar-refractivity contribution in [3.05, 3.63) is 0 Å². The zero-order valence-corrected chi connectivity index (χ0v) is 12.8. The molecule has 0 aliphatic carbocycles. The first kappa shape index (κ1) is 15.0. The van der Waals surface area contributed by atoms with Crippen molar-refractivity contribution in [2.45, 2.75) is 56.7 Å². The lowest BCUT2D eigenvalue weighted by molar-refractivity contribution is -0.132. The molecular weight excluding hydrogens is 280 g/mol. The molecule has 0 spiro atoms. The predicted octanol–water partition coefficient (Wildman–Crippen LogP) is 1.57. The van der Waals surface area contributed by atoms with E-state index >= 15 is 0 Å². The molecule has 0 N–H and O–H groups in total. The molecule has 0 bridgehead atoms. The Morgan fingerprint density at radius 3 is 2.82 bits per heavy atom. The third-order valence-electron chi connectivity index (χ3n) is 4.86. The maximum Gasteiger partial charge on any atom is 0.222 e. The number of carbonyl (C=O) groups excluding carboxylic acids is 2. The van der Waals surface area contributed by atoms with Crippen LogP contribution < -0.4 is 0 Å². The Morgan fingerprint density at radius 1 is 1.36 bits per heavy atom. The summed E-state index contributed by atoms with van der Waals surface area (Å²) in [5.41, 5.74) is -0.383. The fourth-order valence-corrected chi connectivity index (χ4v) is 3.41. The first-order valence-corrected chi connectivity index (χ1v) is 8.08. The standard InChI is InChI=1S/C16H22N4O2/c1-2-3-8-16(17-18-16)9-6-14(21)19-11-7-13(12-19)20-10-4-5-15(20)22/h1,13H,3-12H2. The fourth-order valence-electron chi connectivity index (χ4n) is 3.41. The van der Waals surface area contributed by atoms with E-state index in [2.05, 4.69) is 16.1 Å². The van der Waals surface area contributed by atoms with Crippen LogP contribution in [0.3, 0.4) is 0 Å². The Labute approximate surface area is 130 Å². The Balaban J connectivity index is 1.44. The van der Waals surface area contributed by atoms with Gasteiger partial charge in [0.2, 0.25) is 11.8 Å². The van der Waals surface area contributed by atoms with Crippen LogP contribution in [-0.4, -0.2) is 53.0 Å². The zero-order chi connectivity index (χ0) is 15.6. The van der Waals surface area contributed by atoms with Gasteiger partial charge >= 0.3 is 0 Å². The molecular formula is C16H22N4O2. The van der Waals surface area contributed by atoms with E-state index in [0.29, 0.717) is 32.2 Å². The summed E-state index contributed by atoms with van der Waals surface area (Å²) in [6, 6.07) is 0.213. The van der Waals surface area contributed by atoms with Gasteiger partial charge in [-0.2, -0.15) is 10.2 Å². The topological polar surface area (TPSA) is 65.3 Å². The number of amides is 2. The molecule has 2 fully saturated rings. The summed E-state index contributed by atoms with van der Waals surface area (Å²) in [7, 11) is 0. The van der Waals surface area contributed by atoms with Crippen molar-refractivity contribution in [2.75, 3.05) is 19.6 Å². The highest BCUT2D eigenvalue weighted by atomic mass is 16.2. The normalized spacial score (nSPS) is 25.6. The van der Waals surface area contributed by atoms with Gasteiger partial charge in [0.15, 0.2) is 5.66 Å². The van der Waals surface area contributed by atoms with E-state index in [-0.39, 0.29) is 23.5 Å². The fraction of sp³-hybridized carbons (Fsp3) is 0.750. The number of carbonyl (C=O) groups is 2. The van der Waals surface area contributed by atoms with E-state index in [1.807, 2.05) is 9.80 Å². The molecule has 3 rings (SSSR count). The second-order valence-electron chi connectivity index (χ2n) is 6.36. The van der Waals surface area contributed by atoms with Crippen molar-refractivity contribution in [3.63, 3.8) is 0 Å². The molecule has 3 aliphatic heterocycles. The highest BCUT2D eigenvalue weighted by Crippen LogP contribution is 2.37. The highest BCUT2D eigenvalue weighted by molar-refractivity contribution is 5.79. The maximum atomic E-state index is 12.3. The number of hydrogen-bond acceptors (Lipinski definition) is 4. The van der Waals surface area contributed by atoms with Crippen LogP contribution in [0, 0.1) is 12.3 Å². The third-order valence-corrected chi connectivity index (χ3v) is 4.86. The quantitative estimate of drug-likeness (QED) is 0.699. The molecule has 3 heterocycles. The number of hydrogen-bond donors (Lipinski definition) is 0. The van der Waals surface area contributed by atoms with Crippen LogP contribution >= 0.6 is 0 Å². The smallest absolute Gasteiger partial charge is 0.222 e. The summed E-state index contributed by atoms with van der Waals surface area (Å²) in [6.07, 6.45) is 10.3. The van der Waals surface area contributed by atoms with Gasteiger partial charge in [0.25, 0.3) is 0 Å². The SMILES string of the molecule is C#CCCC1(CCC(=O)N2CCC(N3CCCC3=O)C2)N=N1. The summed E-state index contributed by atoms with van der Waals surface area (Å²) >= 11 is 0. The van der Waals surface area contributed by atoms with Gasteiger partial charge in [0.05, 0.1) is 6.04 Å². The van der Waals surface area contributed by atoms with Crippen LogP contribution in [0.2, 0.25) is 0 Å². The van der Waals surface area contributed by atoms with Crippen molar-refractivity contribution >= 4 is 11.8 Å². The van der Waals surface area contributed by atoms with Gasteiger partial charge < -0.3 is 9.80 Å². The molecule has 1 atom stereocenters. The Kier molecular flexibility index (Phi) is 4.14. The molecule has 0 aromatic rings. The van der Waals surface area contributed by atoms with Crippen LogP contribution in [0.25, 0.3) is 0 Å². The molecule has 2 saturated heterocycles. The van der Waals surface area contributed by atoms with Crippen LogP contribution in [-0.2, 0) is 9.59 Å². The predicted molar refractivity (Wildman–Crippen MR) is 80.8 cm³/mol. The minimum atomic E-state index is -0.383. The van der Waals surface area contributed by atoms with Gasteiger partial charge in [0, 0.05) is 51.7 Å². The number of nitrogens with zero attached hydrogens (tertiary/aromatic N) is 4. The lowest BCUT2D eigenvalue weighted by Gasteiger charge is -2.24. The van der Waals surface area contributed by atoms with E-state index in [0.717, 1.165) is 32.4 Å². The number of rotatable bonds is 6. The highest BCUT2D eigenvalue weighted by Gasteiger charge is 2.40. The maximum absolute atomic E-state index is 12.3. The lowest BCUT2D eigenvalue weighted by Crippen LogP contribution is -2.39. The minimum Gasteiger partial charge on any atom is -0.341 e. The molecule has 3 aliphatic rings. The molecule has 6 heteroatoms. The first-order chi connectivity index (χ1) is 10.6. The van der Waals surface area contributed by atoms with Crippen molar-refractivity contribution in [2.24, 2.45) is 10.2 Å². The average Bonchev–Trinajstić information content (AvgIpc) is 2.91. The molecule has 0 aromatic carbocycles. The van der Waals surface area contributed by atoms with Gasteiger partial charge in [-0.05, 0) is 12.8 Å². The molecule has 22 heavy (non-hydrogen) atoms. The first-order valence-electron chi connectivity index (χ1n) is 8.08. The molecule has 6 nitrogen and oxygen atoms in total. The van der Waals surface area contributed by atoms with Crippen LogP contribution in [0.4, 0.5) is 0 Å². The number of terminal acetylenes is 1. The van der Waals surface area contributed by atoms with E-state index in [1.54, 1.807) is 0 Å². The van der Waals surface area contributed by atoms with Crippen molar-refractivity contribution < 1.29 is 9.59 Å². The Bertz CT molecular complexity index is 531. The monoisotopic (exact) mass is 302 g/mol. The second kappa shape index (κ2) is 6.07. The Morgan fingerprint density at radius 2 is 2.18 bits per heavy atom. The lowest BCUT2D eigenvalue weighted by atomic mass is 10.0. The summed E-state index contributed by atoms with van der Waals surface area (Å²) in [4.78, 5) is 28.0. The van der Waals surface area contributed by atoms with Crippen molar-refractivity contribution in [1.82, 2.24) is 9.80 Å². The molecule has 0 aromatic heterocycles. The molecule has 2 amide bonds. The largest absolute Gasteiger partial charge is 0.341 e. The molecule has 1 unspecified atom stereocenters. The van der Waals surface area contributed by atoms with Gasteiger partial charge in [-0.15, -0.1) is 12.3 Å².